The van der Waals surface area contributed by atoms with Gasteiger partial charge in [0.25, 0.3) is 0 Å². The van der Waals surface area contributed by atoms with Gasteiger partial charge in [0.1, 0.15) is 4.75 Å². The molecular weight excluding hydrogens is 306 g/mol. The van der Waals surface area contributed by atoms with Gasteiger partial charge in [0.15, 0.2) is 9.84 Å². The molecule has 0 atom stereocenters. The number of nitrogens with one attached hydrogen (secondary N) is 1. The Bertz CT molecular complexity index is 666. The summed E-state index contributed by atoms with van der Waals surface area (Å²) in [4.78, 5) is 22.9. The molecular formula is C12H14ClNO5S. The molecule has 0 saturated heterocycles. The van der Waals surface area contributed by atoms with Gasteiger partial charge in [-0.3, -0.25) is 4.79 Å². The van der Waals surface area contributed by atoms with Crippen LogP contribution in [0.1, 0.15) is 24.2 Å². The number of carbonyl (C=O) groups excluding carboxylic acids is 1. The van der Waals surface area contributed by atoms with Crippen molar-refractivity contribution in [3.8, 4) is 0 Å². The zero-order valence-electron chi connectivity index (χ0n) is 11.1. The number of aromatic carboxylic acids is 1. The molecule has 0 unspecified atom stereocenters. The zero-order valence-corrected chi connectivity index (χ0v) is 12.7. The summed E-state index contributed by atoms with van der Waals surface area (Å²) in [6, 6.07) is 3.76. The van der Waals surface area contributed by atoms with E-state index in [4.69, 9.17) is 16.7 Å². The number of amides is 1. The average molecular weight is 320 g/mol. The molecule has 1 rings (SSSR count). The smallest absolute Gasteiger partial charge is 0.335 e. The van der Waals surface area contributed by atoms with Crippen LogP contribution < -0.4 is 5.32 Å². The Hall–Kier alpha value is -1.60. The van der Waals surface area contributed by atoms with E-state index in [0.29, 0.717) is 0 Å². The summed E-state index contributed by atoms with van der Waals surface area (Å²) >= 11 is 5.75. The highest BCUT2D eigenvalue weighted by Gasteiger charge is 2.38. The number of carboxylic acid groups (broad SMARTS) is 1. The van der Waals surface area contributed by atoms with Crippen molar-refractivity contribution >= 4 is 39.0 Å². The van der Waals surface area contributed by atoms with E-state index in [-0.39, 0.29) is 16.3 Å². The highest BCUT2D eigenvalue weighted by molar-refractivity contribution is 7.92. The predicted octanol–water partition coefficient (Wildman–Crippen LogP) is 1.80. The summed E-state index contributed by atoms with van der Waals surface area (Å²) in [7, 11) is -3.62. The number of rotatable bonds is 4. The number of benzene rings is 1. The number of carbonyl (C=O) groups is 2. The Morgan fingerprint density at radius 3 is 2.25 bits per heavy atom. The molecule has 0 saturated carbocycles. The lowest BCUT2D eigenvalue weighted by molar-refractivity contribution is -0.117. The van der Waals surface area contributed by atoms with E-state index < -0.39 is 26.5 Å². The maximum absolute atomic E-state index is 12.0. The second-order valence-corrected chi connectivity index (χ2v) is 7.77. The molecule has 0 aliphatic carbocycles. The first-order valence-electron chi connectivity index (χ1n) is 5.50. The second-order valence-electron chi connectivity index (χ2n) is 4.77. The molecule has 110 valence electrons. The summed E-state index contributed by atoms with van der Waals surface area (Å²) in [6.07, 6.45) is 0.952. The van der Waals surface area contributed by atoms with Gasteiger partial charge in [0.05, 0.1) is 5.56 Å². The van der Waals surface area contributed by atoms with Crippen LogP contribution in [0.4, 0.5) is 5.69 Å². The molecule has 0 fully saturated rings. The van der Waals surface area contributed by atoms with Crippen LogP contribution in [0.3, 0.4) is 0 Å². The fraction of sp³-hybridized carbons (Fsp3) is 0.333. The van der Waals surface area contributed by atoms with Gasteiger partial charge in [0.2, 0.25) is 5.91 Å². The number of sulfone groups is 1. The maximum Gasteiger partial charge on any atom is 0.335 e. The molecule has 0 bridgehead atoms. The summed E-state index contributed by atoms with van der Waals surface area (Å²) in [5.74, 6) is -1.97. The SMILES string of the molecule is CC(C)(C(=O)Nc1cc(Cl)cc(C(=O)O)c1)S(C)(=O)=O. The van der Waals surface area contributed by atoms with Crippen molar-refractivity contribution in [1.29, 1.82) is 0 Å². The van der Waals surface area contributed by atoms with E-state index in [1.807, 2.05) is 0 Å². The Morgan fingerprint density at radius 1 is 1.25 bits per heavy atom. The van der Waals surface area contributed by atoms with Crippen molar-refractivity contribution in [1.82, 2.24) is 0 Å². The summed E-state index contributed by atoms with van der Waals surface area (Å²) in [5.41, 5.74) is 0.0154. The number of hydrogen-bond donors (Lipinski definition) is 2. The number of halogens is 1. The van der Waals surface area contributed by atoms with Crippen molar-refractivity contribution in [2.24, 2.45) is 0 Å². The molecule has 6 nitrogen and oxygen atoms in total. The van der Waals surface area contributed by atoms with Crippen LogP contribution in [0.25, 0.3) is 0 Å². The molecule has 8 heteroatoms. The Labute approximate surface area is 121 Å². The summed E-state index contributed by atoms with van der Waals surface area (Å²) < 4.78 is 21.5. The van der Waals surface area contributed by atoms with Crippen molar-refractivity contribution in [3.05, 3.63) is 28.8 Å². The maximum atomic E-state index is 12.0. The van der Waals surface area contributed by atoms with E-state index in [1.54, 1.807) is 0 Å². The standard InChI is InChI=1S/C12H14ClNO5S/c1-12(2,20(3,18)19)11(17)14-9-5-7(10(15)16)4-8(13)6-9/h4-6H,1-3H3,(H,14,17)(H,15,16). The highest BCUT2D eigenvalue weighted by atomic mass is 35.5. The van der Waals surface area contributed by atoms with Gasteiger partial charge in [-0.15, -0.1) is 0 Å². The highest BCUT2D eigenvalue weighted by Crippen LogP contribution is 2.22. The normalized spacial score (nSPS) is 12.0. The Kier molecular flexibility index (Phi) is 4.45. The van der Waals surface area contributed by atoms with Crippen LogP contribution in [0, 0.1) is 0 Å². The van der Waals surface area contributed by atoms with Crippen molar-refractivity contribution in [2.75, 3.05) is 11.6 Å². The fourth-order valence-corrected chi connectivity index (χ4v) is 1.86. The minimum Gasteiger partial charge on any atom is -0.478 e. The lowest BCUT2D eigenvalue weighted by Gasteiger charge is -2.21. The molecule has 0 heterocycles. The number of hydrogen-bond acceptors (Lipinski definition) is 4. The summed E-state index contributed by atoms with van der Waals surface area (Å²) in [6.45, 7) is 2.53. The van der Waals surface area contributed by atoms with Crippen LogP contribution in [0.5, 0.6) is 0 Å². The van der Waals surface area contributed by atoms with E-state index in [2.05, 4.69) is 5.32 Å². The van der Waals surface area contributed by atoms with Crippen molar-refractivity contribution in [3.63, 3.8) is 0 Å². The molecule has 2 N–H and O–H groups in total. The molecule has 1 amide bonds. The van der Waals surface area contributed by atoms with Gasteiger partial charge in [-0.05, 0) is 32.0 Å². The van der Waals surface area contributed by atoms with Gasteiger partial charge >= 0.3 is 5.97 Å². The van der Waals surface area contributed by atoms with Crippen LogP contribution >= 0.6 is 11.6 Å². The molecule has 0 spiro atoms. The largest absolute Gasteiger partial charge is 0.478 e. The first kappa shape index (κ1) is 16.5. The average Bonchev–Trinajstić information content (AvgIpc) is 2.26. The second kappa shape index (κ2) is 5.41. The molecule has 0 aliphatic rings. The minimum absolute atomic E-state index is 0.107. The van der Waals surface area contributed by atoms with Gasteiger partial charge < -0.3 is 10.4 Å². The Morgan fingerprint density at radius 2 is 1.80 bits per heavy atom. The van der Waals surface area contributed by atoms with E-state index in [0.717, 1.165) is 6.26 Å². The monoisotopic (exact) mass is 319 g/mol. The predicted molar refractivity (Wildman–Crippen MR) is 76.0 cm³/mol. The van der Waals surface area contributed by atoms with Gasteiger partial charge in [-0.2, -0.15) is 0 Å². The molecule has 20 heavy (non-hydrogen) atoms. The van der Waals surface area contributed by atoms with Crippen LogP contribution in [0.15, 0.2) is 18.2 Å². The van der Waals surface area contributed by atoms with E-state index >= 15 is 0 Å². The Balaban J connectivity index is 3.12. The van der Waals surface area contributed by atoms with E-state index in [1.165, 1.54) is 32.0 Å². The molecule has 0 aliphatic heterocycles. The third-order valence-corrected chi connectivity index (χ3v) is 5.13. The number of anilines is 1. The summed E-state index contributed by atoms with van der Waals surface area (Å²) in [5, 5.41) is 11.4. The molecule has 0 aromatic heterocycles. The van der Waals surface area contributed by atoms with Gasteiger partial charge in [-0.25, -0.2) is 13.2 Å². The molecule has 1 aromatic rings. The first-order chi connectivity index (χ1) is 8.95. The van der Waals surface area contributed by atoms with Crippen molar-refractivity contribution in [2.45, 2.75) is 18.6 Å². The lowest BCUT2D eigenvalue weighted by Crippen LogP contribution is -2.43. The molecule has 1 aromatic carbocycles. The van der Waals surface area contributed by atoms with Crippen LogP contribution in [-0.4, -0.2) is 36.4 Å². The third kappa shape index (κ3) is 3.49. The quantitative estimate of drug-likeness (QED) is 0.881. The topological polar surface area (TPSA) is 101 Å². The van der Waals surface area contributed by atoms with Crippen LogP contribution in [-0.2, 0) is 14.6 Å². The van der Waals surface area contributed by atoms with Crippen molar-refractivity contribution < 1.29 is 23.1 Å². The van der Waals surface area contributed by atoms with Gasteiger partial charge in [0, 0.05) is 17.0 Å². The molecule has 0 radical (unpaired) electrons. The number of carboxylic acids is 1. The lowest BCUT2D eigenvalue weighted by atomic mass is 10.1. The van der Waals surface area contributed by atoms with Crippen LogP contribution in [0.2, 0.25) is 5.02 Å². The first-order valence-corrected chi connectivity index (χ1v) is 7.77. The van der Waals surface area contributed by atoms with Gasteiger partial charge in [-0.1, -0.05) is 11.6 Å². The zero-order chi connectivity index (χ0) is 15.7. The van der Waals surface area contributed by atoms with E-state index in [9.17, 15) is 18.0 Å². The fourth-order valence-electron chi connectivity index (χ4n) is 1.24. The minimum atomic E-state index is -3.62. The third-order valence-electron chi connectivity index (χ3n) is 2.88.